The molecule has 10 heteroatoms. The highest BCUT2D eigenvalue weighted by Crippen LogP contribution is 2.26. The number of aromatic nitrogens is 4. The molecule has 0 bridgehead atoms. The Balaban J connectivity index is 1.43. The molecule has 148 valence electrons. The lowest BCUT2D eigenvalue weighted by Gasteiger charge is -2.16. The highest BCUT2D eigenvalue weighted by atomic mass is 19.1. The van der Waals surface area contributed by atoms with Gasteiger partial charge in [0.25, 0.3) is 0 Å². The van der Waals surface area contributed by atoms with Crippen LogP contribution in [0.1, 0.15) is 6.42 Å². The van der Waals surface area contributed by atoms with E-state index in [2.05, 4.69) is 15.7 Å². The molecule has 2 aromatic carbocycles. The molecule has 1 saturated heterocycles. The second-order valence-corrected chi connectivity index (χ2v) is 6.71. The Morgan fingerprint density at radius 1 is 1.03 bits per heavy atom. The maximum absolute atomic E-state index is 13.1. The van der Waals surface area contributed by atoms with Crippen molar-refractivity contribution >= 4 is 23.2 Å². The maximum atomic E-state index is 13.1. The minimum absolute atomic E-state index is 0.0797. The number of hydrogen-bond donors (Lipinski definition) is 1. The molecule has 29 heavy (non-hydrogen) atoms. The molecule has 0 radical (unpaired) electrons. The van der Waals surface area contributed by atoms with Crippen LogP contribution in [-0.4, -0.2) is 38.1 Å². The van der Waals surface area contributed by atoms with Crippen molar-refractivity contribution < 1.29 is 14.0 Å². The van der Waals surface area contributed by atoms with Crippen LogP contribution in [-0.2, 0) is 16.6 Å². The Bertz CT molecular complexity index is 1120. The molecule has 2 heterocycles. The molecular weight excluding hydrogens is 379 g/mol. The maximum Gasteiger partial charge on any atom is 0.368 e. The van der Waals surface area contributed by atoms with Gasteiger partial charge in [0, 0.05) is 31.4 Å². The number of tetrazole rings is 1. The summed E-state index contributed by atoms with van der Waals surface area (Å²) in [5.41, 5.74) is 1.22. The predicted molar refractivity (Wildman–Crippen MR) is 102 cm³/mol. The molecule has 1 atom stereocenters. The summed E-state index contributed by atoms with van der Waals surface area (Å²) in [5.74, 6) is -1.38. The van der Waals surface area contributed by atoms with Crippen molar-refractivity contribution in [2.45, 2.75) is 6.42 Å². The Labute approximate surface area is 164 Å². The number of carbonyl (C=O) groups is 2. The van der Waals surface area contributed by atoms with Crippen LogP contribution in [0.4, 0.5) is 15.8 Å². The first-order valence-corrected chi connectivity index (χ1v) is 8.88. The number of rotatable bonds is 4. The lowest BCUT2D eigenvalue weighted by molar-refractivity contribution is -0.122. The number of aryl methyl sites for hydroxylation is 1. The number of nitrogens with zero attached hydrogens (tertiary/aromatic N) is 5. The van der Waals surface area contributed by atoms with Gasteiger partial charge in [-0.15, -0.1) is 0 Å². The Morgan fingerprint density at radius 2 is 1.69 bits per heavy atom. The lowest BCUT2D eigenvalue weighted by atomic mass is 10.1. The van der Waals surface area contributed by atoms with Crippen molar-refractivity contribution in [2.75, 3.05) is 16.8 Å². The first kappa shape index (κ1) is 18.5. The summed E-state index contributed by atoms with van der Waals surface area (Å²) in [6.45, 7) is 0.226. The van der Waals surface area contributed by atoms with Crippen LogP contribution in [0.15, 0.2) is 53.3 Å². The van der Waals surface area contributed by atoms with Gasteiger partial charge in [-0.2, -0.15) is 9.36 Å². The van der Waals surface area contributed by atoms with Crippen molar-refractivity contribution in [3.63, 3.8) is 0 Å². The molecule has 0 unspecified atom stereocenters. The number of benzene rings is 2. The molecule has 1 N–H and O–H groups in total. The molecule has 0 spiro atoms. The lowest BCUT2D eigenvalue weighted by Crippen LogP contribution is -2.28. The smallest absolute Gasteiger partial charge is 0.326 e. The molecule has 1 aliphatic heterocycles. The van der Waals surface area contributed by atoms with Crippen molar-refractivity contribution in [1.82, 2.24) is 19.8 Å². The van der Waals surface area contributed by atoms with Crippen molar-refractivity contribution in [3.05, 3.63) is 64.8 Å². The van der Waals surface area contributed by atoms with E-state index in [-0.39, 0.29) is 36.3 Å². The van der Waals surface area contributed by atoms with Gasteiger partial charge in [0.2, 0.25) is 11.8 Å². The third kappa shape index (κ3) is 3.64. The zero-order chi connectivity index (χ0) is 20.5. The zero-order valence-corrected chi connectivity index (χ0v) is 15.4. The predicted octanol–water partition coefficient (Wildman–Crippen LogP) is 1.10. The van der Waals surface area contributed by atoms with E-state index in [1.54, 1.807) is 24.3 Å². The molecule has 9 nitrogen and oxygen atoms in total. The third-order valence-electron chi connectivity index (χ3n) is 4.74. The molecule has 1 aromatic heterocycles. The molecule has 2 amide bonds. The second-order valence-electron chi connectivity index (χ2n) is 6.71. The summed E-state index contributed by atoms with van der Waals surface area (Å²) in [4.78, 5) is 38.2. The molecule has 3 aromatic rings. The summed E-state index contributed by atoms with van der Waals surface area (Å²) >= 11 is 0. The van der Waals surface area contributed by atoms with Crippen molar-refractivity contribution in [1.29, 1.82) is 0 Å². The number of nitrogens with one attached hydrogen (secondary N) is 1. The second kappa shape index (κ2) is 7.30. The van der Waals surface area contributed by atoms with Crippen LogP contribution in [0.5, 0.6) is 0 Å². The summed E-state index contributed by atoms with van der Waals surface area (Å²) < 4.78 is 15.3. The van der Waals surface area contributed by atoms with E-state index in [0.717, 1.165) is 9.36 Å². The number of hydrogen-bond acceptors (Lipinski definition) is 5. The first-order valence-electron chi connectivity index (χ1n) is 8.88. The minimum Gasteiger partial charge on any atom is -0.326 e. The molecule has 0 saturated carbocycles. The van der Waals surface area contributed by atoms with E-state index < -0.39 is 5.92 Å². The van der Waals surface area contributed by atoms with Gasteiger partial charge in [-0.05, 0) is 59.0 Å². The summed E-state index contributed by atoms with van der Waals surface area (Å²) in [6.07, 6.45) is 0.0797. The Morgan fingerprint density at radius 3 is 2.31 bits per heavy atom. The van der Waals surface area contributed by atoms with Gasteiger partial charge in [0.1, 0.15) is 5.82 Å². The highest BCUT2D eigenvalue weighted by Gasteiger charge is 2.35. The summed E-state index contributed by atoms with van der Waals surface area (Å²) in [5, 5.41) is 10.2. The van der Waals surface area contributed by atoms with Gasteiger partial charge in [0.15, 0.2) is 0 Å². The Kier molecular flexibility index (Phi) is 4.67. The number of amides is 2. The number of carbonyl (C=O) groups excluding carboxylic acids is 2. The van der Waals surface area contributed by atoms with Crippen molar-refractivity contribution in [3.8, 4) is 5.69 Å². The Hall–Kier alpha value is -3.82. The van der Waals surface area contributed by atoms with Crippen LogP contribution >= 0.6 is 0 Å². The van der Waals surface area contributed by atoms with E-state index in [4.69, 9.17) is 0 Å². The highest BCUT2D eigenvalue weighted by molar-refractivity contribution is 6.03. The standard InChI is InChI=1S/C19H17FN6O3/c1-24-19(29)26(23-22-24)16-8-4-14(5-9-16)21-18(28)12-10-17(27)25(11-12)15-6-2-13(20)3-7-15/h2-9,12H,10-11H2,1H3,(H,21,28)/t12-/m1/s1. The van der Waals surface area contributed by atoms with Gasteiger partial charge in [-0.3, -0.25) is 9.59 Å². The van der Waals surface area contributed by atoms with Gasteiger partial charge >= 0.3 is 5.69 Å². The van der Waals surface area contributed by atoms with Gasteiger partial charge in [-0.25, -0.2) is 9.18 Å². The van der Waals surface area contributed by atoms with E-state index >= 15 is 0 Å². The number of anilines is 2. The quantitative estimate of drug-likeness (QED) is 0.712. The average Bonchev–Trinajstić information content (AvgIpc) is 3.26. The van der Waals surface area contributed by atoms with E-state index in [1.165, 1.54) is 36.2 Å². The fraction of sp³-hybridized carbons (Fsp3) is 0.211. The van der Waals surface area contributed by atoms with Crippen LogP contribution in [0.3, 0.4) is 0 Å². The zero-order valence-electron chi connectivity index (χ0n) is 15.4. The average molecular weight is 396 g/mol. The fourth-order valence-corrected chi connectivity index (χ4v) is 3.16. The summed E-state index contributed by atoms with van der Waals surface area (Å²) in [7, 11) is 1.50. The molecular formula is C19H17FN6O3. The molecule has 1 fully saturated rings. The van der Waals surface area contributed by atoms with E-state index in [1.807, 2.05) is 0 Å². The van der Waals surface area contributed by atoms with Gasteiger partial charge in [0.05, 0.1) is 11.6 Å². The van der Waals surface area contributed by atoms with Crippen LogP contribution < -0.4 is 15.9 Å². The van der Waals surface area contributed by atoms with Gasteiger partial charge < -0.3 is 10.2 Å². The fourth-order valence-electron chi connectivity index (χ4n) is 3.16. The van der Waals surface area contributed by atoms with Crippen LogP contribution in [0.25, 0.3) is 5.69 Å². The topological polar surface area (TPSA) is 102 Å². The van der Waals surface area contributed by atoms with Crippen molar-refractivity contribution in [2.24, 2.45) is 13.0 Å². The largest absolute Gasteiger partial charge is 0.368 e. The van der Waals surface area contributed by atoms with E-state index in [0.29, 0.717) is 17.1 Å². The molecule has 0 aliphatic carbocycles. The number of halogens is 1. The minimum atomic E-state index is -0.519. The monoisotopic (exact) mass is 396 g/mol. The first-order chi connectivity index (χ1) is 13.9. The van der Waals surface area contributed by atoms with Crippen LogP contribution in [0.2, 0.25) is 0 Å². The van der Waals surface area contributed by atoms with Gasteiger partial charge in [-0.1, -0.05) is 0 Å². The molecule has 4 rings (SSSR count). The normalized spacial score (nSPS) is 16.3. The van der Waals surface area contributed by atoms with Crippen LogP contribution in [0, 0.1) is 11.7 Å². The summed E-state index contributed by atoms with van der Waals surface area (Å²) in [6, 6.07) is 12.1. The SMILES string of the molecule is Cn1nnn(-c2ccc(NC(=O)[C@@H]3CC(=O)N(c4ccc(F)cc4)C3)cc2)c1=O. The van der Waals surface area contributed by atoms with E-state index in [9.17, 15) is 18.8 Å². The third-order valence-corrected chi connectivity index (χ3v) is 4.74. The molecule has 1 aliphatic rings.